The minimum Gasteiger partial charge on any atom is -0.449 e. The summed E-state index contributed by atoms with van der Waals surface area (Å²) in [5.74, 6) is 0.875. The maximum atomic E-state index is 5.57. The lowest BCUT2D eigenvalue weighted by molar-refractivity contribution is -0.0431. The van der Waals surface area contributed by atoms with Crippen LogP contribution < -0.4 is 20.4 Å². The summed E-state index contributed by atoms with van der Waals surface area (Å²) in [7, 11) is 0. The van der Waals surface area contributed by atoms with Crippen LogP contribution in [0.15, 0.2) is 12.1 Å². The molecule has 1 aromatic rings. The molecule has 3 rings (SSSR count). The first-order valence-electron chi connectivity index (χ1n) is 4.38. The lowest BCUT2D eigenvalue weighted by Crippen LogP contribution is -2.29. The highest BCUT2D eigenvalue weighted by Gasteiger charge is 2.33. The molecule has 0 aliphatic carbocycles. The molecular formula is C9H10N2O3. The predicted octanol–water partition coefficient (Wildman–Crippen LogP) is 1.88. The molecular weight excluding hydrogens is 184 g/mol. The summed E-state index contributed by atoms with van der Waals surface area (Å²) in [4.78, 5) is 4.83. The molecule has 0 spiro atoms. The summed E-state index contributed by atoms with van der Waals surface area (Å²) < 4.78 is 11.1. The number of benzene rings is 1. The molecule has 2 N–H and O–H groups in total. The molecule has 2 aliphatic rings. The van der Waals surface area contributed by atoms with Crippen LogP contribution in [0.5, 0.6) is 11.5 Å². The smallest absolute Gasteiger partial charge is 0.246 e. The van der Waals surface area contributed by atoms with Crippen molar-refractivity contribution in [2.75, 3.05) is 11.0 Å². The summed E-state index contributed by atoms with van der Waals surface area (Å²) in [6, 6.07) is 3.69. The van der Waals surface area contributed by atoms with Gasteiger partial charge in [0.05, 0.1) is 11.4 Å². The van der Waals surface area contributed by atoms with Gasteiger partial charge < -0.3 is 9.47 Å². The van der Waals surface area contributed by atoms with Crippen molar-refractivity contribution in [3.63, 3.8) is 0 Å². The van der Waals surface area contributed by atoms with E-state index < -0.39 is 5.79 Å². The second kappa shape index (κ2) is 2.24. The Morgan fingerprint density at radius 2 is 1.50 bits per heavy atom. The number of hydrogen-bond acceptors (Lipinski definition) is 5. The highest BCUT2D eigenvalue weighted by Crippen LogP contribution is 2.45. The van der Waals surface area contributed by atoms with Gasteiger partial charge in [0.15, 0.2) is 11.5 Å². The largest absolute Gasteiger partial charge is 0.449 e. The van der Waals surface area contributed by atoms with Crippen molar-refractivity contribution in [1.82, 2.24) is 0 Å². The zero-order chi connectivity index (χ0) is 9.76. The van der Waals surface area contributed by atoms with E-state index >= 15 is 0 Å². The van der Waals surface area contributed by atoms with Gasteiger partial charge in [0.1, 0.15) is 0 Å². The molecule has 0 bridgehead atoms. The Labute approximate surface area is 80.9 Å². The lowest BCUT2D eigenvalue weighted by atomic mass is 10.2. The second-order valence-electron chi connectivity index (χ2n) is 3.75. The summed E-state index contributed by atoms with van der Waals surface area (Å²) in [5, 5.41) is 0. The standard InChI is InChI=1S/C9H10N2O3/c1-9(2)12-7-3-5-6(11-14-10-5)4-8(7)13-9/h3-4,10-11H,1-2H3. The van der Waals surface area contributed by atoms with Crippen LogP contribution in [0.1, 0.15) is 13.8 Å². The molecule has 2 heterocycles. The lowest BCUT2D eigenvalue weighted by Gasteiger charge is -2.16. The Hall–Kier alpha value is -1.62. The van der Waals surface area contributed by atoms with Gasteiger partial charge in [-0.15, -0.1) is 0 Å². The molecule has 1 aromatic carbocycles. The number of rotatable bonds is 0. The van der Waals surface area contributed by atoms with E-state index in [-0.39, 0.29) is 0 Å². The van der Waals surface area contributed by atoms with Gasteiger partial charge in [-0.3, -0.25) is 0 Å². The Kier molecular flexibility index (Phi) is 1.24. The van der Waals surface area contributed by atoms with E-state index in [1.165, 1.54) is 0 Å². The van der Waals surface area contributed by atoms with Crippen molar-refractivity contribution in [1.29, 1.82) is 0 Å². The van der Waals surface area contributed by atoms with Gasteiger partial charge in [-0.05, 0) is 0 Å². The Bertz CT molecular complexity index is 368. The first-order valence-corrected chi connectivity index (χ1v) is 4.38. The van der Waals surface area contributed by atoms with E-state index in [9.17, 15) is 0 Å². The second-order valence-corrected chi connectivity index (χ2v) is 3.75. The zero-order valence-corrected chi connectivity index (χ0v) is 7.88. The molecule has 0 radical (unpaired) electrons. The third-order valence-electron chi connectivity index (χ3n) is 2.12. The van der Waals surface area contributed by atoms with Crippen LogP contribution in [0.3, 0.4) is 0 Å². The Morgan fingerprint density at radius 1 is 1.00 bits per heavy atom. The van der Waals surface area contributed by atoms with E-state index in [0.717, 1.165) is 22.9 Å². The van der Waals surface area contributed by atoms with E-state index in [0.29, 0.717) is 0 Å². The van der Waals surface area contributed by atoms with Crippen LogP contribution in [0.25, 0.3) is 0 Å². The molecule has 0 fully saturated rings. The molecule has 0 saturated carbocycles. The van der Waals surface area contributed by atoms with Crippen LogP contribution in [0, 0.1) is 0 Å². The fourth-order valence-electron chi connectivity index (χ4n) is 1.57. The summed E-state index contributed by atoms with van der Waals surface area (Å²) in [5.41, 5.74) is 7.12. The number of hydrogen-bond donors (Lipinski definition) is 2. The first kappa shape index (κ1) is 7.75. The van der Waals surface area contributed by atoms with Crippen molar-refractivity contribution in [3.8, 4) is 11.5 Å². The van der Waals surface area contributed by atoms with Gasteiger partial charge in [-0.25, -0.2) is 11.0 Å². The third-order valence-corrected chi connectivity index (χ3v) is 2.12. The summed E-state index contributed by atoms with van der Waals surface area (Å²) in [6.45, 7) is 3.74. The van der Waals surface area contributed by atoms with Crippen LogP contribution in [0.4, 0.5) is 11.4 Å². The minimum absolute atomic E-state index is 0.585. The van der Waals surface area contributed by atoms with E-state index in [2.05, 4.69) is 11.0 Å². The normalized spacial score (nSPS) is 19.9. The quantitative estimate of drug-likeness (QED) is 0.660. The zero-order valence-electron chi connectivity index (χ0n) is 7.88. The number of fused-ring (bicyclic) bond motifs is 2. The molecule has 0 atom stereocenters. The van der Waals surface area contributed by atoms with Gasteiger partial charge in [0, 0.05) is 26.0 Å². The first-order chi connectivity index (χ1) is 6.64. The van der Waals surface area contributed by atoms with Crippen molar-refractivity contribution >= 4 is 11.4 Å². The van der Waals surface area contributed by atoms with Gasteiger partial charge in [-0.1, -0.05) is 0 Å². The molecule has 0 aromatic heterocycles. The van der Waals surface area contributed by atoms with E-state index in [4.69, 9.17) is 14.4 Å². The number of ether oxygens (including phenoxy) is 2. The topological polar surface area (TPSA) is 51.8 Å². The average Bonchev–Trinajstić information content (AvgIpc) is 2.59. The highest BCUT2D eigenvalue weighted by atomic mass is 16.8. The Balaban J connectivity index is 2.08. The molecule has 14 heavy (non-hydrogen) atoms. The predicted molar refractivity (Wildman–Crippen MR) is 50.1 cm³/mol. The number of anilines is 2. The van der Waals surface area contributed by atoms with Crippen LogP contribution in [0.2, 0.25) is 0 Å². The van der Waals surface area contributed by atoms with Crippen LogP contribution in [-0.4, -0.2) is 5.79 Å². The fraction of sp³-hybridized carbons (Fsp3) is 0.333. The average molecular weight is 194 g/mol. The summed E-state index contributed by atoms with van der Waals surface area (Å²) >= 11 is 0. The molecule has 0 amide bonds. The highest BCUT2D eigenvalue weighted by molar-refractivity contribution is 5.75. The molecule has 5 nitrogen and oxygen atoms in total. The van der Waals surface area contributed by atoms with Crippen LogP contribution in [-0.2, 0) is 4.94 Å². The molecule has 5 heteroatoms. The SMILES string of the molecule is CC1(C)Oc2cc3c(cc2O1)NON3. The third kappa shape index (κ3) is 0.990. The summed E-state index contributed by atoms with van der Waals surface area (Å²) in [6.07, 6.45) is 0. The monoisotopic (exact) mass is 194 g/mol. The van der Waals surface area contributed by atoms with Crippen molar-refractivity contribution < 1.29 is 14.4 Å². The molecule has 2 aliphatic heterocycles. The van der Waals surface area contributed by atoms with Crippen molar-refractivity contribution in [3.05, 3.63) is 12.1 Å². The molecule has 74 valence electrons. The van der Waals surface area contributed by atoms with Gasteiger partial charge in [-0.2, -0.15) is 4.94 Å². The number of nitrogens with one attached hydrogen (secondary N) is 2. The van der Waals surface area contributed by atoms with E-state index in [1.54, 1.807) is 0 Å². The van der Waals surface area contributed by atoms with Crippen molar-refractivity contribution in [2.45, 2.75) is 19.6 Å². The Morgan fingerprint density at radius 3 is 2.00 bits per heavy atom. The van der Waals surface area contributed by atoms with Gasteiger partial charge >= 0.3 is 0 Å². The fourth-order valence-corrected chi connectivity index (χ4v) is 1.57. The van der Waals surface area contributed by atoms with Crippen molar-refractivity contribution in [2.24, 2.45) is 0 Å². The maximum absolute atomic E-state index is 5.57. The molecule has 0 saturated heterocycles. The minimum atomic E-state index is -0.585. The van der Waals surface area contributed by atoms with Crippen LogP contribution >= 0.6 is 0 Å². The van der Waals surface area contributed by atoms with Gasteiger partial charge in [0.2, 0.25) is 5.79 Å². The van der Waals surface area contributed by atoms with E-state index in [1.807, 2.05) is 26.0 Å². The van der Waals surface area contributed by atoms with Gasteiger partial charge in [0.25, 0.3) is 0 Å². The molecule has 0 unspecified atom stereocenters. The maximum Gasteiger partial charge on any atom is 0.246 e.